The molecule has 1 N–H and O–H groups in total. The number of hydrogen-bond donors (Lipinski definition) is 1. The van der Waals surface area contributed by atoms with Crippen LogP contribution in [0.5, 0.6) is 0 Å². The molecule has 1 aliphatic carbocycles. The molecule has 0 bridgehead atoms. The predicted octanol–water partition coefficient (Wildman–Crippen LogP) is 5.67. The topological polar surface area (TPSA) is 55.2 Å². The number of nitro groups is 1. The van der Waals surface area contributed by atoms with Crippen LogP contribution in [0.4, 0.5) is 11.4 Å². The first kappa shape index (κ1) is 16.4. The average Bonchev–Trinajstić information content (AvgIpc) is 2.44. The second-order valence-electron chi connectivity index (χ2n) is 5.69. The number of nitrogens with one attached hydrogen (secondary N) is 1. The first-order valence-corrected chi connectivity index (χ1v) is 8.16. The minimum Gasteiger partial charge on any atom is -0.380 e. The number of nitrogens with zero attached hydrogens (tertiary/aromatic N) is 1. The Morgan fingerprint density at radius 2 is 1.81 bits per heavy atom. The smallest absolute Gasteiger partial charge is 0.272 e. The van der Waals surface area contributed by atoms with E-state index in [0.717, 1.165) is 18.8 Å². The van der Waals surface area contributed by atoms with Gasteiger partial charge in [0.05, 0.1) is 20.7 Å². The number of nitro benzene ring substituents is 1. The van der Waals surface area contributed by atoms with E-state index in [4.69, 9.17) is 23.2 Å². The SMILES string of the molecule is CCCC1CCC(Nc2c(Cl)cc([N+](=O)[O-])cc2Cl)CC1. The molecule has 116 valence electrons. The molecule has 0 heterocycles. The normalized spacial score (nSPS) is 22.0. The fourth-order valence-electron chi connectivity index (χ4n) is 3.01. The molecule has 1 aromatic carbocycles. The highest BCUT2D eigenvalue weighted by atomic mass is 35.5. The summed E-state index contributed by atoms with van der Waals surface area (Å²) in [5, 5.41) is 14.8. The molecule has 0 radical (unpaired) electrons. The van der Waals surface area contributed by atoms with Crippen molar-refractivity contribution in [1.29, 1.82) is 0 Å². The van der Waals surface area contributed by atoms with Crippen LogP contribution in [0.1, 0.15) is 45.4 Å². The van der Waals surface area contributed by atoms with Crippen molar-refractivity contribution in [2.45, 2.75) is 51.5 Å². The molecule has 0 aromatic heterocycles. The third-order valence-electron chi connectivity index (χ3n) is 4.13. The lowest BCUT2D eigenvalue weighted by atomic mass is 9.83. The zero-order valence-corrected chi connectivity index (χ0v) is 13.6. The van der Waals surface area contributed by atoms with Crippen LogP contribution in [0.2, 0.25) is 10.0 Å². The quantitative estimate of drug-likeness (QED) is 0.558. The highest BCUT2D eigenvalue weighted by Gasteiger charge is 2.22. The average molecular weight is 331 g/mol. The summed E-state index contributed by atoms with van der Waals surface area (Å²) in [6, 6.07) is 3.03. The molecule has 0 saturated heterocycles. The Kier molecular flexibility index (Phi) is 5.71. The van der Waals surface area contributed by atoms with Crippen LogP contribution in [0.15, 0.2) is 12.1 Å². The van der Waals surface area contributed by atoms with Crippen molar-refractivity contribution in [3.05, 3.63) is 32.3 Å². The zero-order chi connectivity index (χ0) is 15.4. The van der Waals surface area contributed by atoms with Crippen LogP contribution in [-0.4, -0.2) is 11.0 Å². The van der Waals surface area contributed by atoms with Crippen molar-refractivity contribution in [2.75, 3.05) is 5.32 Å². The van der Waals surface area contributed by atoms with E-state index in [2.05, 4.69) is 12.2 Å². The van der Waals surface area contributed by atoms with Gasteiger partial charge < -0.3 is 5.32 Å². The predicted molar refractivity (Wildman–Crippen MR) is 87.4 cm³/mol. The number of rotatable bonds is 5. The summed E-state index contributed by atoms with van der Waals surface area (Å²) in [5.74, 6) is 0.829. The maximum Gasteiger partial charge on any atom is 0.272 e. The molecular weight excluding hydrogens is 311 g/mol. The Labute approximate surface area is 135 Å². The van der Waals surface area contributed by atoms with Gasteiger partial charge in [0.15, 0.2) is 0 Å². The Hall–Kier alpha value is -1.00. The van der Waals surface area contributed by atoms with Crippen molar-refractivity contribution in [2.24, 2.45) is 5.92 Å². The molecule has 1 fully saturated rings. The lowest BCUT2D eigenvalue weighted by Crippen LogP contribution is -2.26. The maximum atomic E-state index is 10.8. The molecule has 6 heteroatoms. The third kappa shape index (κ3) is 4.24. The molecule has 1 aromatic rings. The zero-order valence-electron chi connectivity index (χ0n) is 12.1. The highest BCUT2D eigenvalue weighted by Crippen LogP contribution is 2.37. The summed E-state index contributed by atoms with van der Waals surface area (Å²) >= 11 is 12.2. The van der Waals surface area contributed by atoms with Gasteiger partial charge in [0.1, 0.15) is 0 Å². The Morgan fingerprint density at radius 1 is 1.24 bits per heavy atom. The Morgan fingerprint density at radius 3 is 2.29 bits per heavy atom. The highest BCUT2D eigenvalue weighted by molar-refractivity contribution is 6.39. The van der Waals surface area contributed by atoms with Crippen molar-refractivity contribution in [3.63, 3.8) is 0 Å². The van der Waals surface area contributed by atoms with E-state index in [0.29, 0.717) is 21.8 Å². The molecular formula is C15H20Cl2N2O2. The Bertz CT molecular complexity index is 491. The number of benzene rings is 1. The molecule has 0 amide bonds. The lowest BCUT2D eigenvalue weighted by Gasteiger charge is -2.30. The van der Waals surface area contributed by atoms with Crippen LogP contribution in [0.25, 0.3) is 0 Å². The number of non-ortho nitro benzene ring substituents is 1. The second-order valence-corrected chi connectivity index (χ2v) is 6.51. The van der Waals surface area contributed by atoms with E-state index in [1.54, 1.807) is 0 Å². The summed E-state index contributed by atoms with van der Waals surface area (Å²) in [7, 11) is 0. The first-order valence-electron chi connectivity index (χ1n) is 7.41. The number of hydrogen-bond acceptors (Lipinski definition) is 3. The van der Waals surface area contributed by atoms with Crippen molar-refractivity contribution >= 4 is 34.6 Å². The standard InChI is InChI=1S/C15H20Cl2N2O2/c1-2-3-10-4-6-11(7-5-10)18-15-13(16)8-12(19(20)21)9-14(15)17/h8-11,18H,2-7H2,1H3. The van der Waals surface area contributed by atoms with Gasteiger partial charge in [0.2, 0.25) is 0 Å². The maximum absolute atomic E-state index is 10.8. The van der Waals surface area contributed by atoms with E-state index in [1.807, 2.05) is 0 Å². The second kappa shape index (κ2) is 7.32. The van der Waals surface area contributed by atoms with Crippen molar-refractivity contribution in [3.8, 4) is 0 Å². The van der Waals surface area contributed by atoms with E-state index in [-0.39, 0.29) is 5.69 Å². The van der Waals surface area contributed by atoms with Gasteiger partial charge in [-0.15, -0.1) is 0 Å². The summed E-state index contributed by atoms with van der Waals surface area (Å²) in [6.45, 7) is 2.22. The largest absolute Gasteiger partial charge is 0.380 e. The molecule has 21 heavy (non-hydrogen) atoms. The van der Waals surface area contributed by atoms with Crippen molar-refractivity contribution in [1.82, 2.24) is 0 Å². The molecule has 0 unspecified atom stereocenters. The van der Waals surface area contributed by atoms with E-state index >= 15 is 0 Å². The number of halogens is 2. The van der Waals surface area contributed by atoms with Crippen LogP contribution in [0, 0.1) is 16.0 Å². The summed E-state index contributed by atoms with van der Waals surface area (Å²) in [6.07, 6.45) is 7.15. The van der Waals surface area contributed by atoms with Crippen molar-refractivity contribution < 1.29 is 4.92 Å². The van der Waals surface area contributed by atoms with Gasteiger partial charge in [0.25, 0.3) is 5.69 Å². The van der Waals surface area contributed by atoms with Gasteiger partial charge in [-0.25, -0.2) is 0 Å². The van der Waals surface area contributed by atoms with Crippen LogP contribution >= 0.6 is 23.2 Å². The van der Waals surface area contributed by atoms with Gasteiger partial charge in [-0.3, -0.25) is 10.1 Å². The molecule has 0 spiro atoms. The Balaban J connectivity index is 2.02. The van der Waals surface area contributed by atoms with E-state index < -0.39 is 4.92 Å². The van der Waals surface area contributed by atoms with Gasteiger partial charge in [0, 0.05) is 18.2 Å². The monoisotopic (exact) mass is 330 g/mol. The molecule has 1 saturated carbocycles. The van der Waals surface area contributed by atoms with Gasteiger partial charge in [-0.05, 0) is 31.6 Å². The number of anilines is 1. The summed E-state index contributed by atoms with van der Waals surface area (Å²) in [5.41, 5.74) is 0.532. The summed E-state index contributed by atoms with van der Waals surface area (Å²) < 4.78 is 0. The minimum atomic E-state index is -0.489. The molecule has 2 rings (SSSR count). The van der Waals surface area contributed by atoms with Crippen LogP contribution in [-0.2, 0) is 0 Å². The fraction of sp³-hybridized carbons (Fsp3) is 0.600. The lowest BCUT2D eigenvalue weighted by molar-refractivity contribution is -0.384. The molecule has 0 aliphatic heterocycles. The van der Waals surface area contributed by atoms with Gasteiger partial charge in [-0.2, -0.15) is 0 Å². The fourth-order valence-corrected chi connectivity index (χ4v) is 3.60. The van der Waals surface area contributed by atoms with Gasteiger partial charge in [-0.1, -0.05) is 43.0 Å². The van der Waals surface area contributed by atoms with Gasteiger partial charge >= 0.3 is 0 Å². The molecule has 0 atom stereocenters. The van der Waals surface area contributed by atoms with E-state index in [9.17, 15) is 10.1 Å². The van der Waals surface area contributed by atoms with E-state index in [1.165, 1.54) is 37.8 Å². The molecule has 4 nitrogen and oxygen atoms in total. The molecule has 1 aliphatic rings. The van der Waals surface area contributed by atoms with Crippen LogP contribution in [0.3, 0.4) is 0 Å². The van der Waals surface area contributed by atoms with Crippen LogP contribution < -0.4 is 5.32 Å². The minimum absolute atomic E-state index is 0.0813. The summed E-state index contributed by atoms with van der Waals surface area (Å²) in [4.78, 5) is 10.3. The first-order chi connectivity index (χ1) is 10.0. The third-order valence-corrected chi connectivity index (χ3v) is 4.73.